The number of hydrogen-bond donors (Lipinski definition) is 2. The molecule has 6 heteroatoms. The van der Waals surface area contributed by atoms with Gasteiger partial charge in [0.15, 0.2) is 0 Å². The number of amides is 1. The topological polar surface area (TPSA) is 70.2 Å². The van der Waals surface area contributed by atoms with Crippen LogP contribution in [0.15, 0.2) is 6.33 Å². The van der Waals surface area contributed by atoms with Crippen LogP contribution in [0.5, 0.6) is 0 Å². The van der Waals surface area contributed by atoms with Crippen molar-refractivity contribution >= 4 is 17.5 Å². The molecule has 0 atom stereocenters. The molecule has 0 saturated heterocycles. The molecule has 1 aromatic rings. The van der Waals surface area contributed by atoms with E-state index in [9.17, 15) is 4.79 Å². The molecule has 2 N–H and O–H groups in total. The summed E-state index contributed by atoms with van der Waals surface area (Å²) in [6.45, 7) is 11.9. The van der Waals surface area contributed by atoms with Gasteiger partial charge in [-0.2, -0.15) is 0 Å². The first-order chi connectivity index (χ1) is 10.0. The molecule has 0 spiro atoms. The van der Waals surface area contributed by atoms with Gasteiger partial charge >= 0.3 is 0 Å². The van der Waals surface area contributed by atoms with E-state index in [0.717, 1.165) is 36.7 Å². The lowest BCUT2D eigenvalue weighted by Gasteiger charge is -2.25. The van der Waals surface area contributed by atoms with Crippen molar-refractivity contribution < 1.29 is 4.79 Å². The molecule has 1 rings (SSSR count). The zero-order valence-corrected chi connectivity index (χ0v) is 13.7. The molecule has 1 aromatic heterocycles. The molecular formula is C15H27N5O. The number of hydrogen-bond acceptors (Lipinski definition) is 5. The van der Waals surface area contributed by atoms with Crippen LogP contribution >= 0.6 is 0 Å². The minimum Gasteiger partial charge on any atom is -0.370 e. The van der Waals surface area contributed by atoms with Crippen molar-refractivity contribution in [2.24, 2.45) is 0 Å². The Morgan fingerprint density at radius 3 is 2.52 bits per heavy atom. The van der Waals surface area contributed by atoms with Gasteiger partial charge in [-0.3, -0.25) is 4.79 Å². The standard InChI is InChI=1S/C15H27N5O/c1-6-12-14(16-7-2)17-10-18-15(12)20(8-3)9-13(21)19-11(4)5/h10-11H,6-9H2,1-5H3,(H,19,21)(H,16,17,18). The third kappa shape index (κ3) is 4.88. The van der Waals surface area contributed by atoms with Crippen molar-refractivity contribution in [3.8, 4) is 0 Å². The average Bonchev–Trinajstić information content (AvgIpc) is 2.44. The van der Waals surface area contributed by atoms with Crippen LogP contribution in [0.2, 0.25) is 0 Å². The number of nitrogens with one attached hydrogen (secondary N) is 2. The molecule has 0 unspecified atom stereocenters. The molecule has 0 bridgehead atoms. The highest BCUT2D eigenvalue weighted by atomic mass is 16.2. The number of anilines is 2. The second kappa shape index (κ2) is 8.44. The molecule has 0 aliphatic heterocycles. The predicted molar refractivity (Wildman–Crippen MR) is 86.7 cm³/mol. The summed E-state index contributed by atoms with van der Waals surface area (Å²) >= 11 is 0. The van der Waals surface area contributed by atoms with Gasteiger partial charge in [0.2, 0.25) is 5.91 Å². The summed E-state index contributed by atoms with van der Waals surface area (Å²) < 4.78 is 0. The fourth-order valence-corrected chi connectivity index (χ4v) is 2.20. The summed E-state index contributed by atoms with van der Waals surface area (Å²) in [5.41, 5.74) is 1.05. The van der Waals surface area contributed by atoms with Crippen molar-refractivity contribution in [2.75, 3.05) is 29.9 Å². The monoisotopic (exact) mass is 293 g/mol. The van der Waals surface area contributed by atoms with Crippen LogP contribution in [0, 0.1) is 0 Å². The number of aromatic nitrogens is 2. The lowest BCUT2D eigenvalue weighted by molar-refractivity contribution is -0.120. The molecule has 0 radical (unpaired) electrons. The first kappa shape index (κ1) is 17.2. The van der Waals surface area contributed by atoms with Gasteiger partial charge in [-0.1, -0.05) is 6.92 Å². The molecule has 1 heterocycles. The lowest BCUT2D eigenvalue weighted by atomic mass is 10.2. The Balaban J connectivity index is 2.99. The quantitative estimate of drug-likeness (QED) is 0.765. The van der Waals surface area contributed by atoms with E-state index in [1.807, 2.05) is 32.6 Å². The molecule has 1 amide bonds. The number of carbonyl (C=O) groups excluding carboxylic acids is 1. The molecule has 118 valence electrons. The molecule has 6 nitrogen and oxygen atoms in total. The van der Waals surface area contributed by atoms with E-state index in [1.165, 1.54) is 0 Å². The number of rotatable bonds is 8. The van der Waals surface area contributed by atoms with Crippen LogP contribution in [0.4, 0.5) is 11.6 Å². The van der Waals surface area contributed by atoms with Crippen LogP contribution in [-0.4, -0.2) is 41.6 Å². The SMILES string of the molecule is CCNc1ncnc(N(CC)CC(=O)NC(C)C)c1CC. The molecule has 0 aromatic carbocycles. The molecular weight excluding hydrogens is 266 g/mol. The van der Waals surface area contributed by atoms with Crippen LogP contribution < -0.4 is 15.5 Å². The van der Waals surface area contributed by atoms with Gasteiger partial charge in [-0.25, -0.2) is 9.97 Å². The minimum atomic E-state index is 0.0116. The van der Waals surface area contributed by atoms with Crippen LogP contribution in [0.25, 0.3) is 0 Å². The van der Waals surface area contributed by atoms with Gasteiger partial charge in [0.25, 0.3) is 0 Å². The summed E-state index contributed by atoms with van der Waals surface area (Å²) in [6, 6.07) is 0.143. The smallest absolute Gasteiger partial charge is 0.239 e. The summed E-state index contributed by atoms with van der Waals surface area (Å²) in [4.78, 5) is 22.7. The van der Waals surface area contributed by atoms with E-state index in [0.29, 0.717) is 6.54 Å². The predicted octanol–water partition coefficient (Wildman–Crippen LogP) is 1.82. The highest BCUT2D eigenvalue weighted by Gasteiger charge is 2.17. The summed E-state index contributed by atoms with van der Waals surface area (Å²) in [6.07, 6.45) is 2.37. The van der Waals surface area contributed by atoms with E-state index in [-0.39, 0.29) is 11.9 Å². The summed E-state index contributed by atoms with van der Waals surface area (Å²) in [5, 5.41) is 6.17. The number of carbonyl (C=O) groups is 1. The number of nitrogens with zero attached hydrogens (tertiary/aromatic N) is 3. The minimum absolute atomic E-state index is 0.0116. The maximum Gasteiger partial charge on any atom is 0.239 e. The Labute approximate surface area is 127 Å². The van der Waals surface area contributed by atoms with E-state index in [2.05, 4.69) is 27.5 Å². The second-order valence-electron chi connectivity index (χ2n) is 5.14. The Morgan fingerprint density at radius 1 is 1.29 bits per heavy atom. The van der Waals surface area contributed by atoms with Crippen molar-refractivity contribution in [1.82, 2.24) is 15.3 Å². The van der Waals surface area contributed by atoms with E-state index in [1.54, 1.807) is 6.33 Å². The summed E-state index contributed by atoms with van der Waals surface area (Å²) in [7, 11) is 0. The Morgan fingerprint density at radius 2 is 2.00 bits per heavy atom. The van der Waals surface area contributed by atoms with Gasteiger partial charge in [-0.15, -0.1) is 0 Å². The van der Waals surface area contributed by atoms with Crippen LogP contribution in [-0.2, 0) is 11.2 Å². The maximum atomic E-state index is 12.0. The van der Waals surface area contributed by atoms with Crippen LogP contribution in [0.3, 0.4) is 0 Å². The molecule has 0 aliphatic carbocycles. The largest absolute Gasteiger partial charge is 0.370 e. The lowest BCUT2D eigenvalue weighted by Crippen LogP contribution is -2.40. The maximum absolute atomic E-state index is 12.0. The van der Waals surface area contributed by atoms with Gasteiger partial charge in [-0.05, 0) is 34.1 Å². The Hall–Kier alpha value is -1.85. The van der Waals surface area contributed by atoms with Gasteiger partial charge in [0.1, 0.15) is 18.0 Å². The Kier molecular flexibility index (Phi) is 6.91. The van der Waals surface area contributed by atoms with Crippen molar-refractivity contribution in [3.63, 3.8) is 0 Å². The van der Waals surface area contributed by atoms with Gasteiger partial charge in [0, 0.05) is 24.7 Å². The van der Waals surface area contributed by atoms with Gasteiger partial charge < -0.3 is 15.5 Å². The van der Waals surface area contributed by atoms with Gasteiger partial charge in [0.05, 0.1) is 6.54 Å². The third-order valence-electron chi connectivity index (χ3n) is 3.09. The average molecular weight is 293 g/mol. The van der Waals surface area contributed by atoms with Crippen molar-refractivity contribution in [3.05, 3.63) is 11.9 Å². The fourth-order valence-electron chi connectivity index (χ4n) is 2.20. The molecule has 0 fully saturated rings. The molecule has 21 heavy (non-hydrogen) atoms. The van der Waals surface area contributed by atoms with E-state index >= 15 is 0 Å². The third-order valence-corrected chi connectivity index (χ3v) is 3.09. The molecule has 0 aliphatic rings. The van der Waals surface area contributed by atoms with Crippen molar-refractivity contribution in [2.45, 2.75) is 47.1 Å². The molecule has 0 saturated carbocycles. The Bertz CT molecular complexity index is 461. The highest BCUT2D eigenvalue weighted by molar-refractivity contribution is 5.81. The van der Waals surface area contributed by atoms with Crippen molar-refractivity contribution in [1.29, 1.82) is 0 Å². The fraction of sp³-hybridized carbons (Fsp3) is 0.667. The second-order valence-corrected chi connectivity index (χ2v) is 5.14. The normalized spacial score (nSPS) is 10.6. The number of likely N-dealkylation sites (N-methyl/N-ethyl adjacent to an activating group) is 1. The van der Waals surface area contributed by atoms with E-state index in [4.69, 9.17) is 0 Å². The highest BCUT2D eigenvalue weighted by Crippen LogP contribution is 2.23. The summed E-state index contributed by atoms with van der Waals surface area (Å²) in [5.74, 6) is 1.70. The first-order valence-electron chi connectivity index (χ1n) is 7.65. The first-order valence-corrected chi connectivity index (χ1v) is 7.65. The van der Waals surface area contributed by atoms with E-state index < -0.39 is 0 Å². The zero-order chi connectivity index (χ0) is 15.8. The van der Waals surface area contributed by atoms with Crippen LogP contribution in [0.1, 0.15) is 40.2 Å². The zero-order valence-electron chi connectivity index (χ0n) is 13.7.